The molecule has 4 rings (SSSR count). The fourth-order valence-electron chi connectivity index (χ4n) is 3.85. The Morgan fingerprint density at radius 1 is 1.24 bits per heavy atom. The summed E-state index contributed by atoms with van der Waals surface area (Å²) in [6, 6.07) is 6.84. The van der Waals surface area contributed by atoms with E-state index in [4.69, 9.17) is 4.98 Å². The first-order valence-electron chi connectivity index (χ1n) is 9.55. The zero-order valence-corrected chi connectivity index (χ0v) is 15.9. The zero-order valence-electron chi connectivity index (χ0n) is 15.1. The molecule has 1 aliphatic carbocycles. The first kappa shape index (κ1) is 17.0. The molecule has 5 heteroatoms. The molecule has 0 atom stereocenters. The minimum Gasteiger partial charge on any atom is -0.326 e. The molecule has 2 aliphatic rings. The van der Waals surface area contributed by atoms with Crippen LogP contribution >= 0.6 is 11.3 Å². The van der Waals surface area contributed by atoms with Crippen LogP contribution in [0.5, 0.6) is 0 Å². The van der Waals surface area contributed by atoms with E-state index in [0.717, 1.165) is 17.2 Å². The average molecular weight is 358 g/mol. The molecule has 4 nitrogen and oxygen atoms in total. The summed E-state index contributed by atoms with van der Waals surface area (Å²) >= 11 is 1.80. The summed E-state index contributed by atoms with van der Waals surface area (Å²) < 4.78 is 1.18. The normalized spacial score (nSPS) is 24.4. The van der Waals surface area contributed by atoms with Gasteiger partial charge in [-0.25, -0.2) is 4.98 Å². The molecule has 1 saturated carbocycles. The maximum absolute atomic E-state index is 11.9. The highest BCUT2D eigenvalue weighted by Crippen LogP contribution is 2.43. The Labute approximate surface area is 153 Å². The van der Waals surface area contributed by atoms with Gasteiger partial charge in [0, 0.05) is 23.6 Å². The van der Waals surface area contributed by atoms with Crippen molar-refractivity contribution < 1.29 is 4.79 Å². The molecule has 0 bridgehead atoms. The first-order chi connectivity index (χ1) is 12.1. The first-order valence-corrected chi connectivity index (χ1v) is 10.4. The third kappa shape index (κ3) is 3.58. The van der Waals surface area contributed by atoms with Crippen LogP contribution in [0.1, 0.15) is 56.9 Å². The fraction of sp³-hybridized carbons (Fsp3) is 0.600. The Bertz CT molecular complexity index is 757. The molecule has 1 saturated heterocycles. The number of hydrogen-bond acceptors (Lipinski definition) is 4. The summed E-state index contributed by atoms with van der Waals surface area (Å²) in [6.07, 6.45) is 6.66. The number of carbonyl (C=O) groups is 1. The van der Waals surface area contributed by atoms with Crippen LogP contribution in [0.15, 0.2) is 18.2 Å². The Morgan fingerprint density at radius 3 is 2.72 bits per heavy atom. The molecule has 25 heavy (non-hydrogen) atoms. The van der Waals surface area contributed by atoms with E-state index in [1.54, 1.807) is 11.3 Å². The lowest BCUT2D eigenvalue weighted by molar-refractivity contribution is -0.118. The number of thiazole rings is 1. The van der Waals surface area contributed by atoms with E-state index in [0.29, 0.717) is 5.92 Å². The van der Waals surface area contributed by atoms with Crippen molar-refractivity contribution in [2.24, 2.45) is 5.92 Å². The number of nitrogens with one attached hydrogen (secondary N) is 1. The number of fused-ring (bicyclic) bond motifs is 1. The highest BCUT2D eigenvalue weighted by atomic mass is 32.1. The molecule has 0 spiro atoms. The van der Waals surface area contributed by atoms with Gasteiger partial charge in [-0.05, 0) is 57.0 Å². The molecule has 1 aromatic heterocycles. The predicted octanol–water partition coefficient (Wildman–Crippen LogP) is 4.62. The molecule has 2 heterocycles. The maximum atomic E-state index is 11.9. The van der Waals surface area contributed by atoms with E-state index in [2.05, 4.69) is 16.3 Å². The number of benzene rings is 1. The summed E-state index contributed by atoms with van der Waals surface area (Å²) in [4.78, 5) is 19.4. The van der Waals surface area contributed by atoms with E-state index in [-0.39, 0.29) is 11.8 Å². The quantitative estimate of drug-likeness (QED) is 0.868. The number of anilines is 1. The molecule has 2 fully saturated rings. The molecule has 0 unspecified atom stereocenters. The van der Waals surface area contributed by atoms with Crippen LogP contribution in [0.25, 0.3) is 10.2 Å². The second-order valence-electron chi connectivity index (χ2n) is 7.80. The molecule has 1 aliphatic heterocycles. The van der Waals surface area contributed by atoms with Crippen LogP contribution in [0.3, 0.4) is 0 Å². The Balaban J connectivity index is 1.42. The SMILES string of the molecule is CC(C)C(=O)Nc1ccc2nc([C@H]3C[C@@H](N4CCCCC4)C3)sc2c1. The van der Waals surface area contributed by atoms with Crippen molar-refractivity contribution in [1.29, 1.82) is 0 Å². The largest absolute Gasteiger partial charge is 0.326 e. The molecule has 1 aromatic carbocycles. The van der Waals surface area contributed by atoms with Gasteiger partial charge in [0.25, 0.3) is 0 Å². The lowest BCUT2D eigenvalue weighted by atomic mass is 9.79. The van der Waals surface area contributed by atoms with Crippen molar-refractivity contribution in [3.8, 4) is 0 Å². The minimum absolute atomic E-state index is 0.00517. The van der Waals surface area contributed by atoms with Gasteiger partial charge >= 0.3 is 0 Å². The van der Waals surface area contributed by atoms with E-state index in [1.807, 2.05) is 26.0 Å². The number of nitrogens with zero attached hydrogens (tertiary/aromatic N) is 2. The van der Waals surface area contributed by atoms with Gasteiger partial charge in [0.05, 0.1) is 15.2 Å². The minimum atomic E-state index is -0.00517. The number of carbonyl (C=O) groups excluding carboxylic acids is 1. The summed E-state index contributed by atoms with van der Waals surface area (Å²) in [6.45, 7) is 6.40. The number of likely N-dealkylation sites (tertiary alicyclic amines) is 1. The zero-order chi connectivity index (χ0) is 17.4. The van der Waals surface area contributed by atoms with Crippen LogP contribution in [-0.2, 0) is 4.79 Å². The van der Waals surface area contributed by atoms with Gasteiger partial charge < -0.3 is 10.2 Å². The number of rotatable bonds is 4. The number of amides is 1. The van der Waals surface area contributed by atoms with Gasteiger partial charge in [0.2, 0.25) is 5.91 Å². The van der Waals surface area contributed by atoms with E-state index in [1.165, 1.54) is 54.9 Å². The smallest absolute Gasteiger partial charge is 0.226 e. The lowest BCUT2D eigenvalue weighted by Gasteiger charge is -2.43. The van der Waals surface area contributed by atoms with Crippen molar-refractivity contribution in [2.75, 3.05) is 18.4 Å². The van der Waals surface area contributed by atoms with Crippen LogP contribution in [0, 0.1) is 5.92 Å². The molecule has 134 valence electrons. The van der Waals surface area contributed by atoms with Crippen molar-refractivity contribution in [3.63, 3.8) is 0 Å². The Hall–Kier alpha value is -1.46. The molecule has 0 radical (unpaired) electrons. The second kappa shape index (κ2) is 7.04. The highest BCUT2D eigenvalue weighted by Gasteiger charge is 2.36. The maximum Gasteiger partial charge on any atom is 0.226 e. The van der Waals surface area contributed by atoms with Gasteiger partial charge in [-0.15, -0.1) is 11.3 Å². The molecule has 2 aromatic rings. The third-order valence-electron chi connectivity index (χ3n) is 5.57. The third-order valence-corrected chi connectivity index (χ3v) is 6.75. The van der Waals surface area contributed by atoms with Gasteiger partial charge in [-0.1, -0.05) is 20.3 Å². The molecular weight excluding hydrogens is 330 g/mol. The monoisotopic (exact) mass is 357 g/mol. The van der Waals surface area contributed by atoms with Crippen LogP contribution < -0.4 is 5.32 Å². The van der Waals surface area contributed by atoms with E-state index >= 15 is 0 Å². The average Bonchev–Trinajstić information content (AvgIpc) is 2.97. The standard InChI is InChI=1S/C20H27N3OS/c1-13(2)19(24)21-15-6-7-17-18(12-15)25-20(22-17)14-10-16(11-14)23-8-4-3-5-9-23/h6-7,12-14,16H,3-5,8-11H2,1-2H3,(H,21,24)/t14-,16+. The molecular formula is C20H27N3OS. The number of piperidine rings is 1. The summed E-state index contributed by atoms with van der Waals surface area (Å²) in [5.74, 6) is 0.680. The van der Waals surface area contributed by atoms with Crippen molar-refractivity contribution in [3.05, 3.63) is 23.2 Å². The van der Waals surface area contributed by atoms with Gasteiger partial charge in [0.15, 0.2) is 0 Å². The van der Waals surface area contributed by atoms with Crippen LogP contribution in [-0.4, -0.2) is 34.9 Å². The highest BCUT2D eigenvalue weighted by molar-refractivity contribution is 7.18. The molecule has 1 amide bonds. The van der Waals surface area contributed by atoms with Crippen LogP contribution in [0.4, 0.5) is 5.69 Å². The van der Waals surface area contributed by atoms with Crippen molar-refractivity contribution in [1.82, 2.24) is 9.88 Å². The topological polar surface area (TPSA) is 45.2 Å². The van der Waals surface area contributed by atoms with E-state index < -0.39 is 0 Å². The number of hydrogen-bond donors (Lipinski definition) is 1. The van der Waals surface area contributed by atoms with Crippen molar-refractivity contribution >= 4 is 33.1 Å². The van der Waals surface area contributed by atoms with E-state index in [9.17, 15) is 4.79 Å². The lowest BCUT2D eigenvalue weighted by Crippen LogP contribution is -2.46. The Kier molecular flexibility index (Phi) is 4.78. The summed E-state index contributed by atoms with van der Waals surface area (Å²) in [5, 5.41) is 4.26. The second-order valence-corrected chi connectivity index (χ2v) is 8.86. The summed E-state index contributed by atoms with van der Waals surface area (Å²) in [7, 11) is 0. The number of aromatic nitrogens is 1. The predicted molar refractivity (Wildman–Crippen MR) is 104 cm³/mol. The summed E-state index contributed by atoms with van der Waals surface area (Å²) in [5.41, 5.74) is 1.94. The van der Waals surface area contributed by atoms with Crippen LogP contribution in [0.2, 0.25) is 0 Å². The van der Waals surface area contributed by atoms with Gasteiger partial charge in [-0.3, -0.25) is 4.79 Å². The van der Waals surface area contributed by atoms with Gasteiger partial charge in [-0.2, -0.15) is 0 Å². The molecule has 1 N–H and O–H groups in total. The Morgan fingerprint density at radius 2 is 2.00 bits per heavy atom. The van der Waals surface area contributed by atoms with Crippen molar-refractivity contribution in [2.45, 2.75) is 57.9 Å². The fourth-order valence-corrected chi connectivity index (χ4v) is 4.99. The van der Waals surface area contributed by atoms with Gasteiger partial charge in [0.1, 0.15) is 0 Å².